The van der Waals surface area contributed by atoms with Crippen molar-refractivity contribution in [2.45, 2.75) is 12.5 Å². The van der Waals surface area contributed by atoms with Gasteiger partial charge in [0.05, 0.1) is 0 Å². The Bertz CT molecular complexity index is 152. The Labute approximate surface area is 71.4 Å². The van der Waals surface area contributed by atoms with Crippen molar-refractivity contribution in [1.29, 1.82) is 0 Å². The van der Waals surface area contributed by atoms with E-state index in [1.165, 1.54) is 11.8 Å². The minimum atomic E-state index is 0.144. The lowest BCUT2D eigenvalue weighted by atomic mass is 10.1. The number of carbonyl (C=O) groups is 1. The summed E-state index contributed by atoms with van der Waals surface area (Å²) in [5.41, 5.74) is 0. The third-order valence-corrected chi connectivity index (χ3v) is 2.80. The summed E-state index contributed by atoms with van der Waals surface area (Å²) < 4.78 is 0. The molecule has 3 heteroatoms. The highest BCUT2D eigenvalue weighted by Crippen LogP contribution is 2.10. The molecule has 0 aromatic rings. The van der Waals surface area contributed by atoms with E-state index in [4.69, 9.17) is 0 Å². The third-order valence-electron chi connectivity index (χ3n) is 1.67. The molecule has 2 nitrogen and oxygen atoms in total. The number of carbonyl (C=O) groups excluding carboxylic acids is 1. The molecule has 1 aliphatic heterocycles. The van der Waals surface area contributed by atoms with Gasteiger partial charge in [-0.25, -0.2) is 0 Å². The molecule has 0 aromatic carbocycles. The smallest absolute Gasteiger partial charge is 0.156 e. The third kappa shape index (κ3) is 3.08. The predicted molar refractivity (Wildman–Crippen MR) is 48.9 cm³/mol. The highest BCUT2D eigenvalue weighted by atomic mass is 32.2. The number of hydrogen-bond donors (Lipinski definition) is 1. The fourth-order valence-electron chi connectivity index (χ4n) is 1.08. The summed E-state index contributed by atoms with van der Waals surface area (Å²) >= 11 is 1.91. The molecule has 0 radical (unpaired) electrons. The van der Waals surface area contributed by atoms with Gasteiger partial charge >= 0.3 is 0 Å². The van der Waals surface area contributed by atoms with Gasteiger partial charge in [-0.2, -0.15) is 11.8 Å². The second-order valence-corrected chi connectivity index (χ2v) is 3.75. The van der Waals surface area contributed by atoms with E-state index in [0.29, 0.717) is 12.5 Å². The lowest BCUT2D eigenvalue weighted by Gasteiger charge is -2.21. The molecular formula is C8H13NOS. The van der Waals surface area contributed by atoms with Crippen LogP contribution in [0.4, 0.5) is 0 Å². The molecule has 0 aliphatic carbocycles. The zero-order chi connectivity index (χ0) is 8.10. The van der Waals surface area contributed by atoms with Gasteiger partial charge in [0.25, 0.3) is 0 Å². The zero-order valence-electron chi connectivity index (χ0n) is 6.51. The summed E-state index contributed by atoms with van der Waals surface area (Å²) in [6.07, 6.45) is 2.01. The van der Waals surface area contributed by atoms with E-state index < -0.39 is 0 Å². The fraction of sp³-hybridized carbons (Fsp3) is 0.625. The molecule has 0 aromatic heterocycles. The van der Waals surface area contributed by atoms with Crippen LogP contribution in [0.15, 0.2) is 12.7 Å². The van der Waals surface area contributed by atoms with Crippen molar-refractivity contribution in [3.63, 3.8) is 0 Å². The Kier molecular flexibility index (Phi) is 3.66. The van der Waals surface area contributed by atoms with Crippen molar-refractivity contribution in [2.24, 2.45) is 0 Å². The highest BCUT2D eigenvalue weighted by Gasteiger charge is 2.14. The molecule has 0 saturated carbocycles. The summed E-state index contributed by atoms with van der Waals surface area (Å²) in [5, 5.41) is 3.29. The Balaban J connectivity index is 2.24. The van der Waals surface area contributed by atoms with Gasteiger partial charge in [-0.15, -0.1) is 0 Å². The number of thioether (sulfide) groups is 1. The topological polar surface area (TPSA) is 29.1 Å². The molecule has 0 spiro atoms. The summed E-state index contributed by atoms with van der Waals surface area (Å²) in [4.78, 5) is 10.9. The van der Waals surface area contributed by atoms with Crippen molar-refractivity contribution in [3.05, 3.63) is 12.7 Å². The van der Waals surface area contributed by atoms with E-state index in [1.807, 2.05) is 11.8 Å². The molecule has 1 unspecified atom stereocenters. The SMILES string of the molecule is C=CC(=O)CC1CSCCN1. The second-order valence-electron chi connectivity index (χ2n) is 2.60. The van der Waals surface area contributed by atoms with Crippen LogP contribution in [0.1, 0.15) is 6.42 Å². The molecule has 1 N–H and O–H groups in total. The minimum Gasteiger partial charge on any atom is -0.312 e. The summed E-state index contributed by atoms with van der Waals surface area (Å²) in [6, 6.07) is 0.374. The number of nitrogens with one attached hydrogen (secondary N) is 1. The predicted octanol–water partition coefficient (Wildman–Crippen LogP) is 0.837. The van der Waals surface area contributed by atoms with Crippen molar-refractivity contribution in [3.8, 4) is 0 Å². The zero-order valence-corrected chi connectivity index (χ0v) is 7.32. The van der Waals surface area contributed by atoms with Gasteiger partial charge in [0, 0.05) is 30.5 Å². The van der Waals surface area contributed by atoms with Crippen molar-refractivity contribution >= 4 is 17.5 Å². The molecule has 11 heavy (non-hydrogen) atoms. The highest BCUT2D eigenvalue weighted by molar-refractivity contribution is 7.99. The number of rotatable bonds is 3. The van der Waals surface area contributed by atoms with Gasteiger partial charge in [0.1, 0.15) is 0 Å². The fourth-order valence-corrected chi connectivity index (χ4v) is 2.03. The van der Waals surface area contributed by atoms with E-state index in [0.717, 1.165) is 12.3 Å². The van der Waals surface area contributed by atoms with Crippen molar-refractivity contribution in [1.82, 2.24) is 5.32 Å². The molecule has 0 bridgehead atoms. The van der Waals surface area contributed by atoms with Gasteiger partial charge < -0.3 is 5.32 Å². The lowest BCUT2D eigenvalue weighted by Crippen LogP contribution is -2.38. The quantitative estimate of drug-likeness (QED) is 0.638. The number of hydrogen-bond acceptors (Lipinski definition) is 3. The molecule has 1 aliphatic rings. The standard InChI is InChI=1S/C8H13NOS/c1-2-8(10)5-7-6-11-4-3-9-7/h2,7,9H,1,3-6H2. The van der Waals surface area contributed by atoms with Crippen LogP contribution in [-0.4, -0.2) is 29.9 Å². The van der Waals surface area contributed by atoms with Gasteiger partial charge in [-0.3, -0.25) is 4.79 Å². The van der Waals surface area contributed by atoms with Gasteiger partial charge in [-0.1, -0.05) is 6.58 Å². The average molecular weight is 171 g/mol. The maximum Gasteiger partial charge on any atom is 0.156 e. The maximum atomic E-state index is 10.9. The first-order chi connectivity index (χ1) is 5.33. The summed E-state index contributed by atoms with van der Waals surface area (Å²) in [5.74, 6) is 2.36. The molecule has 1 fully saturated rings. The van der Waals surface area contributed by atoms with Crippen LogP contribution in [-0.2, 0) is 4.79 Å². The summed E-state index contributed by atoms with van der Waals surface area (Å²) in [7, 11) is 0. The van der Waals surface area contributed by atoms with Crippen molar-refractivity contribution in [2.75, 3.05) is 18.1 Å². The van der Waals surface area contributed by atoms with Crippen LogP contribution < -0.4 is 5.32 Å². The van der Waals surface area contributed by atoms with E-state index in [2.05, 4.69) is 11.9 Å². The Morgan fingerprint density at radius 1 is 1.82 bits per heavy atom. The molecule has 1 heterocycles. The van der Waals surface area contributed by atoms with Gasteiger partial charge in [0.15, 0.2) is 5.78 Å². The van der Waals surface area contributed by atoms with Crippen LogP contribution in [0.2, 0.25) is 0 Å². The van der Waals surface area contributed by atoms with Crippen LogP contribution in [0, 0.1) is 0 Å². The molecule has 0 amide bonds. The monoisotopic (exact) mass is 171 g/mol. The molecule has 1 saturated heterocycles. The first-order valence-electron chi connectivity index (χ1n) is 3.79. The van der Waals surface area contributed by atoms with Crippen LogP contribution in [0.3, 0.4) is 0 Å². The lowest BCUT2D eigenvalue weighted by molar-refractivity contribution is -0.114. The normalized spacial score (nSPS) is 24.5. The van der Waals surface area contributed by atoms with Crippen LogP contribution in [0.25, 0.3) is 0 Å². The molecule has 62 valence electrons. The van der Waals surface area contributed by atoms with Crippen LogP contribution >= 0.6 is 11.8 Å². The molecule has 1 rings (SSSR count). The van der Waals surface area contributed by atoms with E-state index >= 15 is 0 Å². The summed E-state index contributed by atoms with van der Waals surface area (Å²) in [6.45, 7) is 4.47. The average Bonchev–Trinajstić information content (AvgIpc) is 2.06. The Morgan fingerprint density at radius 2 is 2.64 bits per heavy atom. The number of allylic oxidation sites excluding steroid dienone is 1. The van der Waals surface area contributed by atoms with Gasteiger partial charge in [0.2, 0.25) is 0 Å². The second kappa shape index (κ2) is 4.57. The molecular weight excluding hydrogens is 158 g/mol. The first-order valence-corrected chi connectivity index (χ1v) is 4.95. The van der Waals surface area contributed by atoms with E-state index in [9.17, 15) is 4.79 Å². The largest absolute Gasteiger partial charge is 0.312 e. The minimum absolute atomic E-state index is 0.144. The van der Waals surface area contributed by atoms with E-state index in [-0.39, 0.29) is 5.78 Å². The maximum absolute atomic E-state index is 10.9. The van der Waals surface area contributed by atoms with Crippen LogP contribution in [0.5, 0.6) is 0 Å². The van der Waals surface area contributed by atoms with Crippen molar-refractivity contribution < 1.29 is 4.79 Å². The van der Waals surface area contributed by atoms with Gasteiger partial charge in [-0.05, 0) is 6.08 Å². The Morgan fingerprint density at radius 3 is 3.18 bits per heavy atom. The van der Waals surface area contributed by atoms with E-state index in [1.54, 1.807) is 0 Å². The molecule has 1 atom stereocenters. The number of ketones is 1. The first kappa shape index (κ1) is 8.81. The Hall–Kier alpha value is -0.280.